The lowest BCUT2D eigenvalue weighted by Crippen LogP contribution is -2.38. The van der Waals surface area contributed by atoms with Crippen LogP contribution >= 0.6 is 11.3 Å². The minimum absolute atomic E-state index is 0.301. The second kappa shape index (κ2) is 5.99. The molecule has 1 aromatic carbocycles. The Morgan fingerprint density at radius 2 is 1.96 bits per heavy atom. The molecule has 3 aromatic rings. The van der Waals surface area contributed by atoms with E-state index in [1.54, 1.807) is 30.7 Å². The fraction of sp³-hybridized carbons (Fsp3) is 0.0625. The monoisotopic (exact) mass is 341 g/mol. The van der Waals surface area contributed by atoms with Gasteiger partial charge in [-0.15, -0.1) is 10.2 Å². The van der Waals surface area contributed by atoms with E-state index >= 15 is 0 Å². The number of anilines is 1. The molecule has 0 fully saturated rings. The van der Waals surface area contributed by atoms with Gasteiger partial charge in [-0.25, -0.2) is 9.40 Å². The van der Waals surface area contributed by atoms with E-state index in [0.29, 0.717) is 15.7 Å². The van der Waals surface area contributed by atoms with Gasteiger partial charge in [-0.2, -0.15) is 0 Å². The van der Waals surface area contributed by atoms with Crippen molar-refractivity contribution in [2.75, 3.05) is 5.01 Å². The Bertz CT molecular complexity index is 881. The van der Waals surface area contributed by atoms with Crippen molar-refractivity contribution in [1.29, 1.82) is 0 Å². The maximum Gasteiger partial charge on any atom is 0.229 e. The number of benzene rings is 1. The fourth-order valence-corrected chi connectivity index (χ4v) is 3.21. The molecular formula is C16H12FN5OS. The van der Waals surface area contributed by atoms with E-state index in [2.05, 4.69) is 20.6 Å². The molecule has 0 aliphatic carbocycles. The van der Waals surface area contributed by atoms with E-state index in [1.165, 1.54) is 28.5 Å². The molecule has 0 saturated heterocycles. The highest BCUT2D eigenvalue weighted by Crippen LogP contribution is 2.33. The van der Waals surface area contributed by atoms with Crippen LogP contribution in [0.5, 0.6) is 0 Å². The first-order chi connectivity index (χ1) is 11.7. The van der Waals surface area contributed by atoms with Crippen LogP contribution in [0.15, 0.2) is 55.0 Å². The number of hydrogen-bond acceptors (Lipinski definition) is 7. The largest absolute Gasteiger partial charge is 0.368 e. The Balaban J connectivity index is 1.57. The third-order valence-electron chi connectivity index (χ3n) is 3.59. The second-order valence-electron chi connectivity index (χ2n) is 5.11. The molecule has 2 N–H and O–H groups in total. The molecule has 6 nitrogen and oxygen atoms in total. The molecule has 1 aliphatic rings. The highest BCUT2D eigenvalue weighted by atomic mass is 32.1. The number of aromatic nitrogens is 3. The van der Waals surface area contributed by atoms with Gasteiger partial charge >= 0.3 is 0 Å². The van der Waals surface area contributed by atoms with Crippen molar-refractivity contribution in [3.05, 3.63) is 66.4 Å². The molecule has 24 heavy (non-hydrogen) atoms. The number of rotatable bonds is 3. The number of aliphatic hydroxyl groups is 1. The minimum Gasteiger partial charge on any atom is -0.368 e. The van der Waals surface area contributed by atoms with Crippen LogP contribution in [-0.4, -0.2) is 26.5 Å². The lowest BCUT2D eigenvalue weighted by Gasteiger charge is -2.20. The fourth-order valence-electron chi connectivity index (χ4n) is 2.37. The summed E-state index contributed by atoms with van der Waals surface area (Å²) in [5.41, 5.74) is 5.28. The summed E-state index contributed by atoms with van der Waals surface area (Å²) in [6.45, 7) is 0. The van der Waals surface area contributed by atoms with Crippen LogP contribution in [0.1, 0.15) is 5.56 Å². The Morgan fingerprint density at radius 1 is 1.12 bits per heavy atom. The topological polar surface area (TPSA) is 74.2 Å². The van der Waals surface area contributed by atoms with Crippen molar-refractivity contribution >= 4 is 22.0 Å². The summed E-state index contributed by atoms with van der Waals surface area (Å²) in [6, 6.07) is 9.73. The zero-order chi connectivity index (χ0) is 16.5. The van der Waals surface area contributed by atoms with Crippen molar-refractivity contribution in [2.45, 2.75) is 6.23 Å². The smallest absolute Gasteiger partial charge is 0.229 e. The van der Waals surface area contributed by atoms with Crippen molar-refractivity contribution in [3.8, 4) is 10.6 Å². The molecule has 0 saturated carbocycles. The van der Waals surface area contributed by atoms with Crippen LogP contribution in [-0.2, 0) is 0 Å². The van der Waals surface area contributed by atoms with Gasteiger partial charge in [-0.3, -0.25) is 4.98 Å². The number of aliphatic hydroxyl groups excluding tert-OH is 1. The maximum absolute atomic E-state index is 13.0. The van der Waals surface area contributed by atoms with E-state index in [0.717, 1.165) is 11.1 Å². The summed E-state index contributed by atoms with van der Waals surface area (Å²) in [4.78, 5) is 4.06. The molecule has 0 amide bonds. The van der Waals surface area contributed by atoms with Crippen molar-refractivity contribution in [3.63, 3.8) is 0 Å². The maximum atomic E-state index is 13.0. The molecule has 1 atom stereocenters. The first-order valence-electron chi connectivity index (χ1n) is 7.16. The molecule has 120 valence electrons. The van der Waals surface area contributed by atoms with Gasteiger partial charge in [0.15, 0.2) is 6.23 Å². The van der Waals surface area contributed by atoms with E-state index < -0.39 is 6.23 Å². The van der Waals surface area contributed by atoms with Crippen molar-refractivity contribution in [1.82, 2.24) is 20.6 Å². The van der Waals surface area contributed by atoms with Crippen LogP contribution in [0.25, 0.3) is 16.1 Å². The number of nitrogens with one attached hydrogen (secondary N) is 1. The highest BCUT2D eigenvalue weighted by Gasteiger charge is 2.29. The van der Waals surface area contributed by atoms with Crippen molar-refractivity contribution < 1.29 is 9.50 Å². The van der Waals surface area contributed by atoms with Crippen LogP contribution in [0.4, 0.5) is 9.52 Å². The number of nitrogens with zero attached hydrogens (tertiary/aromatic N) is 4. The Kier molecular flexibility index (Phi) is 3.68. The van der Waals surface area contributed by atoms with E-state index in [1.807, 2.05) is 12.1 Å². The molecule has 1 unspecified atom stereocenters. The number of hydrazine groups is 1. The van der Waals surface area contributed by atoms with E-state index in [9.17, 15) is 9.50 Å². The van der Waals surface area contributed by atoms with Crippen LogP contribution in [0.2, 0.25) is 0 Å². The van der Waals surface area contributed by atoms with Crippen LogP contribution in [0, 0.1) is 5.82 Å². The molecule has 3 heterocycles. The standard InChI is InChI=1S/C16H12FN5OS/c17-12-5-3-10(4-6-12)14-20-21-16(24-14)22-15(23)13(9-19-22)11-2-1-7-18-8-11/h1-9,15,19,23H. The van der Waals surface area contributed by atoms with Gasteiger partial charge in [0, 0.05) is 35.3 Å². The molecule has 4 rings (SSSR count). The van der Waals surface area contributed by atoms with Crippen LogP contribution in [0.3, 0.4) is 0 Å². The van der Waals surface area contributed by atoms with Gasteiger partial charge in [-0.1, -0.05) is 17.4 Å². The quantitative estimate of drug-likeness (QED) is 0.762. The second-order valence-corrected chi connectivity index (χ2v) is 6.07. The van der Waals surface area contributed by atoms with E-state index in [4.69, 9.17) is 0 Å². The van der Waals surface area contributed by atoms with Gasteiger partial charge in [-0.05, 0) is 30.3 Å². The summed E-state index contributed by atoms with van der Waals surface area (Å²) >= 11 is 1.30. The van der Waals surface area contributed by atoms with Crippen LogP contribution < -0.4 is 10.4 Å². The summed E-state index contributed by atoms with van der Waals surface area (Å²) in [5, 5.41) is 21.4. The van der Waals surface area contributed by atoms with Gasteiger partial charge in [0.2, 0.25) is 5.13 Å². The Morgan fingerprint density at radius 3 is 2.71 bits per heavy atom. The predicted octanol–water partition coefficient (Wildman–Crippen LogP) is 2.42. The summed E-state index contributed by atoms with van der Waals surface area (Å²) in [6.07, 6.45) is 4.17. The zero-order valence-electron chi connectivity index (χ0n) is 12.3. The normalized spacial score (nSPS) is 16.8. The van der Waals surface area contributed by atoms with E-state index in [-0.39, 0.29) is 5.82 Å². The molecule has 2 aromatic heterocycles. The highest BCUT2D eigenvalue weighted by molar-refractivity contribution is 7.18. The number of pyridine rings is 1. The first kappa shape index (κ1) is 14.7. The molecular weight excluding hydrogens is 329 g/mol. The minimum atomic E-state index is -0.900. The lowest BCUT2D eigenvalue weighted by molar-refractivity contribution is 0.226. The molecule has 8 heteroatoms. The van der Waals surface area contributed by atoms with Crippen molar-refractivity contribution in [2.24, 2.45) is 0 Å². The summed E-state index contributed by atoms with van der Waals surface area (Å²) < 4.78 is 13.0. The molecule has 0 bridgehead atoms. The SMILES string of the molecule is OC1C(c2cccnc2)=CNN1c1nnc(-c2ccc(F)cc2)s1. The average Bonchev–Trinajstić information content (AvgIpc) is 3.23. The van der Waals surface area contributed by atoms with Gasteiger partial charge in [0.1, 0.15) is 10.8 Å². The average molecular weight is 341 g/mol. The number of halogens is 1. The molecule has 0 radical (unpaired) electrons. The number of hydrogen-bond donors (Lipinski definition) is 2. The molecule has 0 spiro atoms. The van der Waals surface area contributed by atoms with Gasteiger partial charge in [0.05, 0.1) is 0 Å². The summed E-state index contributed by atoms with van der Waals surface area (Å²) in [7, 11) is 0. The van der Waals surface area contributed by atoms with Gasteiger partial charge in [0.25, 0.3) is 0 Å². The zero-order valence-corrected chi connectivity index (χ0v) is 13.1. The third-order valence-corrected chi connectivity index (χ3v) is 4.56. The predicted molar refractivity (Wildman–Crippen MR) is 89.1 cm³/mol. The Labute approximate surface area is 140 Å². The summed E-state index contributed by atoms with van der Waals surface area (Å²) in [5.74, 6) is -0.301. The third kappa shape index (κ3) is 2.61. The van der Waals surface area contributed by atoms with Gasteiger partial charge < -0.3 is 10.5 Å². The lowest BCUT2D eigenvalue weighted by atomic mass is 10.1. The first-order valence-corrected chi connectivity index (χ1v) is 7.97. The Hall–Kier alpha value is -2.84. The molecule has 1 aliphatic heterocycles.